The van der Waals surface area contributed by atoms with Crippen molar-refractivity contribution >= 4 is 52.7 Å². The number of nitrogens with zero attached hydrogens (tertiary/aromatic N) is 5. The molecule has 3 aliphatic heterocycles. The molecule has 2 fully saturated rings. The zero-order valence-electron chi connectivity index (χ0n) is 29.8. The Morgan fingerprint density at radius 2 is 1.87 bits per heavy atom. The normalized spacial score (nSPS) is 30.0. The van der Waals surface area contributed by atoms with Gasteiger partial charge in [0.25, 0.3) is 0 Å². The van der Waals surface area contributed by atoms with Gasteiger partial charge in [0.05, 0.1) is 31.4 Å². The molecule has 2 unspecified atom stereocenters. The zero-order chi connectivity index (χ0) is 39.3. The molecule has 22 nitrogen and oxygen atoms in total. The van der Waals surface area contributed by atoms with Crippen LogP contribution in [0.25, 0.3) is 11.2 Å². The molecular weight excluding hydrogens is 762 g/mol. The number of nitrogens with one attached hydrogen (secondary N) is 1. The van der Waals surface area contributed by atoms with E-state index in [0.717, 1.165) is 4.90 Å². The van der Waals surface area contributed by atoms with E-state index in [2.05, 4.69) is 20.3 Å². The minimum absolute atomic E-state index is 0.0474. The van der Waals surface area contributed by atoms with Gasteiger partial charge in [-0.25, -0.2) is 29.1 Å². The first kappa shape index (κ1) is 41.3. The van der Waals surface area contributed by atoms with Gasteiger partial charge in [-0.15, -0.1) is 0 Å². The molecule has 0 saturated carbocycles. The Kier molecular flexibility index (Phi) is 11.9. The number of nitrogens with two attached hydrogens (primary N) is 2. The topological polar surface area (TPSA) is 315 Å². The maximum atomic E-state index is 13.4. The summed E-state index contributed by atoms with van der Waals surface area (Å²) in [5, 5.41) is 13.6. The highest BCUT2D eigenvalue weighted by Crippen LogP contribution is 2.50. The molecule has 10 atom stereocenters. The second kappa shape index (κ2) is 15.3. The largest absolute Gasteiger partial charge is 0.472 e. The van der Waals surface area contributed by atoms with Crippen LogP contribution < -0.4 is 16.8 Å². The lowest BCUT2D eigenvalue weighted by Crippen LogP contribution is -2.52. The predicted molar refractivity (Wildman–Crippen MR) is 186 cm³/mol. The van der Waals surface area contributed by atoms with Gasteiger partial charge in [-0.1, -0.05) is 20.8 Å². The molecule has 2 aromatic heterocycles. The predicted octanol–water partition coefficient (Wildman–Crippen LogP) is 0.608. The SMILES string of the molecule is C[C@H](O[Si](C)(C)C(C)(C)C)C(=O)O[C@@H]1[C@H](O)[C@@H](COP(=O)(O)O[C@H]2C[C@H](N3C=CC(N)NC3=O)O[C@@H]2CP(=O)(O)O)O[C@H]1n1cnc2c(N)ncnc21. The minimum Gasteiger partial charge on any atom is -0.453 e. The summed E-state index contributed by atoms with van der Waals surface area (Å²) in [6.45, 7) is 10.7. The number of carbonyl (C=O) groups is 2. The number of aromatic nitrogens is 4. The lowest BCUT2D eigenvalue weighted by molar-refractivity contribution is -0.166. The Morgan fingerprint density at radius 1 is 1.17 bits per heavy atom. The number of ether oxygens (including phenoxy) is 3. The fourth-order valence-corrected chi connectivity index (χ4v) is 8.74. The van der Waals surface area contributed by atoms with Crippen molar-refractivity contribution in [1.82, 2.24) is 29.7 Å². The van der Waals surface area contributed by atoms with Crippen molar-refractivity contribution in [2.75, 3.05) is 18.5 Å². The summed E-state index contributed by atoms with van der Waals surface area (Å²) < 4.78 is 60.7. The number of fused-ring (bicyclic) bond motifs is 1. The van der Waals surface area contributed by atoms with Crippen LogP contribution in [0.2, 0.25) is 18.1 Å². The third kappa shape index (κ3) is 9.50. The first-order valence-corrected chi connectivity index (χ1v) is 22.7. The number of urea groups is 1. The van der Waals surface area contributed by atoms with Gasteiger partial charge in [0.2, 0.25) is 0 Å². The second-order valence-electron chi connectivity index (χ2n) is 14.4. The van der Waals surface area contributed by atoms with Gasteiger partial charge in [0.15, 0.2) is 32.1 Å². The molecule has 0 bridgehead atoms. The zero-order valence-corrected chi connectivity index (χ0v) is 32.6. The summed E-state index contributed by atoms with van der Waals surface area (Å²) in [5.41, 5.74) is 12.0. The van der Waals surface area contributed by atoms with Gasteiger partial charge in [0, 0.05) is 12.6 Å². The van der Waals surface area contributed by atoms with Gasteiger partial charge in [-0.05, 0) is 31.1 Å². The van der Waals surface area contributed by atoms with Gasteiger partial charge in [-0.3, -0.25) is 23.1 Å². The number of hydrogen-bond donors (Lipinski definition) is 7. The molecule has 2 aromatic rings. The van der Waals surface area contributed by atoms with Crippen LogP contribution in [0.5, 0.6) is 0 Å². The van der Waals surface area contributed by atoms with Crippen LogP contribution >= 0.6 is 15.4 Å². The Bertz CT molecular complexity index is 1810. The monoisotopic (exact) mass is 808 g/mol. The number of aliphatic hydroxyl groups excluding tert-OH is 1. The number of phosphoric acid groups is 1. The highest BCUT2D eigenvalue weighted by atomic mass is 31.2. The Hall–Kier alpha value is -2.89. The molecule has 0 aromatic carbocycles. The molecule has 2 amide bonds. The molecule has 3 aliphatic rings. The fourth-order valence-electron chi connectivity index (χ4n) is 5.65. The van der Waals surface area contributed by atoms with Crippen molar-refractivity contribution in [2.45, 2.75) is 107 Å². The Balaban J connectivity index is 1.33. The second-order valence-corrected chi connectivity index (χ2v) is 22.3. The molecule has 9 N–H and O–H groups in total. The molecule has 0 aliphatic carbocycles. The van der Waals surface area contributed by atoms with E-state index in [-0.39, 0.29) is 28.4 Å². The van der Waals surface area contributed by atoms with Gasteiger partial charge in [0.1, 0.15) is 42.5 Å². The number of imidazole rings is 1. The molecule has 53 heavy (non-hydrogen) atoms. The van der Waals surface area contributed by atoms with Gasteiger partial charge < -0.3 is 55.2 Å². The maximum Gasteiger partial charge on any atom is 0.472 e. The van der Waals surface area contributed by atoms with E-state index in [1.54, 1.807) is 0 Å². The number of esters is 1. The van der Waals surface area contributed by atoms with Crippen molar-refractivity contribution in [3.05, 3.63) is 24.9 Å². The van der Waals surface area contributed by atoms with Crippen molar-refractivity contribution in [3.8, 4) is 0 Å². The quantitative estimate of drug-likeness (QED) is 0.0828. The van der Waals surface area contributed by atoms with Crippen molar-refractivity contribution in [3.63, 3.8) is 0 Å². The number of carbonyl (C=O) groups excluding carboxylic acids is 2. The van der Waals surface area contributed by atoms with Crippen molar-refractivity contribution in [2.24, 2.45) is 5.73 Å². The highest BCUT2D eigenvalue weighted by molar-refractivity contribution is 7.51. The molecule has 5 heterocycles. The molecule has 5 rings (SSSR count). The van der Waals surface area contributed by atoms with Crippen LogP contribution in [0, 0.1) is 0 Å². The number of phosphoric ester groups is 1. The number of rotatable bonds is 13. The summed E-state index contributed by atoms with van der Waals surface area (Å²) >= 11 is 0. The van der Waals surface area contributed by atoms with E-state index in [1.165, 1.54) is 36.4 Å². The van der Waals surface area contributed by atoms with Crippen LogP contribution in [0.15, 0.2) is 24.9 Å². The lowest BCUT2D eigenvalue weighted by Gasteiger charge is -2.38. The number of amides is 2. The highest BCUT2D eigenvalue weighted by Gasteiger charge is 2.51. The standard InChI is InChI=1S/C28H46N8O14P2Si/c1-14(50-53(5,6)28(2,3)4)26(38)48-22-21(37)16(47-25(22)36-13-33-20-23(30)31-12-32-24(20)36)10-45-52(43,44)49-15-9-19(46-17(15)11-51(40,41)42)35-8-7-18(29)34-27(35)39/h7-8,12-19,21-22,25,37H,9-11,29H2,1-6H3,(H,34,39)(H,43,44)(H2,30,31,32)(H2,40,41,42)/t14-,15-,16+,17+,18?,19+,21+,22+,25+/m0/s1. The van der Waals surface area contributed by atoms with Crippen LogP contribution in [-0.4, -0.2) is 126 Å². The summed E-state index contributed by atoms with van der Waals surface area (Å²) in [6.07, 6.45) is -7.66. The summed E-state index contributed by atoms with van der Waals surface area (Å²) in [6, 6.07) is -0.679. The number of anilines is 1. The van der Waals surface area contributed by atoms with Crippen LogP contribution in [0.3, 0.4) is 0 Å². The average molecular weight is 809 g/mol. The molecule has 296 valence electrons. The van der Waals surface area contributed by atoms with Gasteiger partial charge in [-0.2, -0.15) is 0 Å². The van der Waals surface area contributed by atoms with Crippen LogP contribution in [-0.2, 0) is 41.6 Å². The molecule has 0 radical (unpaired) electrons. The summed E-state index contributed by atoms with van der Waals surface area (Å²) in [7, 11) is -12.3. The minimum atomic E-state index is -5.10. The molecule has 2 saturated heterocycles. The van der Waals surface area contributed by atoms with E-state index >= 15 is 0 Å². The molecule has 0 spiro atoms. The first-order chi connectivity index (χ1) is 24.5. The Morgan fingerprint density at radius 3 is 2.51 bits per heavy atom. The van der Waals surface area contributed by atoms with Crippen LogP contribution in [0.4, 0.5) is 10.6 Å². The summed E-state index contributed by atoms with van der Waals surface area (Å²) in [4.78, 5) is 69.3. The lowest BCUT2D eigenvalue weighted by atomic mass is 10.1. The van der Waals surface area contributed by atoms with E-state index in [1.807, 2.05) is 33.9 Å². The van der Waals surface area contributed by atoms with E-state index in [0.29, 0.717) is 0 Å². The number of nitrogen functional groups attached to an aromatic ring is 1. The van der Waals surface area contributed by atoms with Crippen molar-refractivity contribution in [1.29, 1.82) is 0 Å². The Labute approximate surface area is 305 Å². The molecule has 25 heteroatoms. The van der Waals surface area contributed by atoms with Crippen molar-refractivity contribution < 1.29 is 66.2 Å². The number of aliphatic hydroxyl groups is 1. The average Bonchev–Trinajstić information content (AvgIpc) is 3.70. The van der Waals surface area contributed by atoms with Gasteiger partial charge >= 0.3 is 27.4 Å². The molecular formula is C28H46N8O14P2Si. The summed E-state index contributed by atoms with van der Waals surface area (Å²) in [5.74, 6) is -0.763. The van der Waals surface area contributed by atoms with E-state index in [9.17, 15) is 38.5 Å². The van der Waals surface area contributed by atoms with E-state index < -0.39 is 104 Å². The smallest absolute Gasteiger partial charge is 0.453 e. The first-order valence-electron chi connectivity index (χ1n) is 16.5. The van der Waals surface area contributed by atoms with E-state index in [4.69, 9.17) is 39.2 Å². The van der Waals surface area contributed by atoms with Crippen LogP contribution in [0.1, 0.15) is 40.3 Å². The third-order valence-corrected chi connectivity index (χ3v) is 15.8. The fraction of sp³-hybridized carbons (Fsp3) is 0.679. The number of hydrogen-bond acceptors (Lipinski definition) is 16. The maximum absolute atomic E-state index is 13.4. The third-order valence-electron chi connectivity index (χ3n) is 9.39.